The molecule has 3 aromatic rings. The highest BCUT2D eigenvalue weighted by atomic mass is 16.5. The van der Waals surface area contributed by atoms with Gasteiger partial charge in [-0.05, 0) is 58.2 Å². The average Bonchev–Trinajstić information content (AvgIpc) is 3.27. The van der Waals surface area contributed by atoms with Gasteiger partial charge in [-0.15, -0.1) is 0 Å². The van der Waals surface area contributed by atoms with Crippen LogP contribution in [0.1, 0.15) is 70.6 Å². The van der Waals surface area contributed by atoms with E-state index in [9.17, 15) is 9.59 Å². The molecule has 0 saturated carbocycles. The van der Waals surface area contributed by atoms with Gasteiger partial charge in [0.15, 0.2) is 11.5 Å². The van der Waals surface area contributed by atoms with Gasteiger partial charge in [0.25, 0.3) is 5.91 Å². The molecular formula is C23H27N3O4. The highest BCUT2D eigenvalue weighted by molar-refractivity contribution is 6.00. The van der Waals surface area contributed by atoms with Gasteiger partial charge < -0.3 is 19.0 Å². The minimum atomic E-state index is -0.404. The van der Waals surface area contributed by atoms with Gasteiger partial charge in [0.2, 0.25) is 0 Å². The van der Waals surface area contributed by atoms with Gasteiger partial charge in [-0.1, -0.05) is 12.1 Å². The maximum atomic E-state index is 13.3. The van der Waals surface area contributed by atoms with Gasteiger partial charge >= 0.3 is 5.97 Å². The number of aromatic amines is 1. The van der Waals surface area contributed by atoms with Crippen LogP contribution in [0, 0.1) is 13.8 Å². The van der Waals surface area contributed by atoms with Gasteiger partial charge in [-0.3, -0.25) is 4.79 Å². The Kier molecular flexibility index (Phi) is 5.37. The fraction of sp³-hybridized carbons (Fsp3) is 0.435. The van der Waals surface area contributed by atoms with Crippen molar-refractivity contribution in [1.29, 1.82) is 0 Å². The highest BCUT2D eigenvalue weighted by Gasteiger charge is 2.31. The lowest BCUT2D eigenvalue weighted by atomic mass is 9.97. The number of aryl methyl sites for hydroxylation is 1. The molecular weight excluding hydrogens is 382 g/mol. The predicted molar refractivity (Wildman–Crippen MR) is 113 cm³/mol. The summed E-state index contributed by atoms with van der Waals surface area (Å²) in [6, 6.07) is 7.69. The first kappa shape index (κ1) is 20.2. The molecule has 0 unspecified atom stereocenters. The summed E-state index contributed by atoms with van der Waals surface area (Å²) in [5.74, 6) is 0.212. The van der Waals surface area contributed by atoms with Crippen LogP contribution in [0.15, 0.2) is 28.7 Å². The minimum absolute atomic E-state index is 0.0526. The first-order valence-electron chi connectivity index (χ1n) is 10.4. The van der Waals surface area contributed by atoms with Crippen molar-refractivity contribution in [2.45, 2.75) is 52.6 Å². The number of para-hydroxylation sites is 2. The number of piperidine rings is 1. The third-order valence-electron chi connectivity index (χ3n) is 5.57. The molecule has 1 fully saturated rings. The number of rotatable bonds is 4. The largest absolute Gasteiger partial charge is 0.459 e. The zero-order valence-corrected chi connectivity index (χ0v) is 17.8. The van der Waals surface area contributed by atoms with Crippen molar-refractivity contribution < 1.29 is 18.7 Å². The summed E-state index contributed by atoms with van der Waals surface area (Å²) in [5.41, 5.74) is 3.77. The van der Waals surface area contributed by atoms with E-state index < -0.39 is 5.97 Å². The van der Waals surface area contributed by atoms with Crippen LogP contribution in [-0.4, -0.2) is 45.9 Å². The van der Waals surface area contributed by atoms with Crippen molar-refractivity contribution in [3.63, 3.8) is 0 Å². The number of nitrogens with zero attached hydrogens (tertiary/aromatic N) is 2. The van der Waals surface area contributed by atoms with Crippen molar-refractivity contribution in [3.8, 4) is 0 Å². The maximum absolute atomic E-state index is 13.3. The lowest BCUT2D eigenvalue weighted by Gasteiger charge is -2.31. The number of ether oxygens (including phenoxy) is 1. The van der Waals surface area contributed by atoms with Crippen LogP contribution in [0.4, 0.5) is 0 Å². The van der Waals surface area contributed by atoms with Crippen molar-refractivity contribution in [2.24, 2.45) is 0 Å². The van der Waals surface area contributed by atoms with Gasteiger partial charge in [-0.25, -0.2) is 9.78 Å². The average molecular weight is 409 g/mol. The molecule has 0 spiro atoms. The first-order valence-corrected chi connectivity index (χ1v) is 10.4. The summed E-state index contributed by atoms with van der Waals surface area (Å²) >= 11 is 0. The fourth-order valence-electron chi connectivity index (χ4n) is 4.13. The molecule has 3 heterocycles. The molecule has 0 radical (unpaired) electrons. The van der Waals surface area contributed by atoms with Crippen LogP contribution >= 0.6 is 0 Å². The van der Waals surface area contributed by atoms with Crippen molar-refractivity contribution in [1.82, 2.24) is 14.9 Å². The van der Waals surface area contributed by atoms with E-state index in [1.54, 1.807) is 27.7 Å². The second-order valence-electron chi connectivity index (χ2n) is 8.19. The number of hydrogen-bond donors (Lipinski definition) is 1. The summed E-state index contributed by atoms with van der Waals surface area (Å²) in [7, 11) is 0. The molecule has 1 saturated heterocycles. The second-order valence-corrected chi connectivity index (χ2v) is 8.19. The maximum Gasteiger partial charge on any atom is 0.340 e. The molecule has 7 nitrogen and oxygen atoms in total. The normalized spacial score (nSPS) is 17.0. The number of nitrogens with one attached hydrogen (secondary N) is 1. The topological polar surface area (TPSA) is 88.4 Å². The van der Waals surface area contributed by atoms with Crippen LogP contribution < -0.4 is 0 Å². The van der Waals surface area contributed by atoms with Crippen LogP contribution in [0.2, 0.25) is 0 Å². The zero-order valence-electron chi connectivity index (χ0n) is 17.8. The Labute approximate surface area is 175 Å². The fourth-order valence-corrected chi connectivity index (χ4v) is 4.13. The van der Waals surface area contributed by atoms with E-state index >= 15 is 0 Å². The smallest absolute Gasteiger partial charge is 0.340 e. The van der Waals surface area contributed by atoms with Gasteiger partial charge in [0, 0.05) is 18.8 Å². The number of amides is 1. The molecule has 2 aromatic heterocycles. The first-order chi connectivity index (χ1) is 14.3. The SMILES string of the molecule is Cc1[nH]c(C(=O)N2CCC[C@H](c3nc4ccccc4o3)C2)c(C)c1C(=O)OC(C)C. The lowest BCUT2D eigenvalue weighted by molar-refractivity contribution is 0.0376. The van der Waals surface area contributed by atoms with Crippen molar-refractivity contribution in [3.05, 3.63) is 52.7 Å². The Morgan fingerprint density at radius 2 is 2.03 bits per heavy atom. The number of benzene rings is 1. The molecule has 1 aliphatic rings. The number of aromatic nitrogens is 2. The molecule has 1 atom stereocenters. The number of carbonyl (C=O) groups is 2. The number of carbonyl (C=O) groups excluding carboxylic acids is 2. The molecule has 4 rings (SSSR count). The Balaban J connectivity index is 1.55. The molecule has 0 aliphatic carbocycles. The second kappa shape index (κ2) is 7.97. The Morgan fingerprint density at radius 1 is 1.27 bits per heavy atom. The zero-order chi connectivity index (χ0) is 21.4. The van der Waals surface area contributed by atoms with E-state index in [-0.39, 0.29) is 17.9 Å². The number of hydrogen-bond acceptors (Lipinski definition) is 5. The molecule has 0 bridgehead atoms. The molecule has 1 aliphatic heterocycles. The van der Waals surface area contributed by atoms with Crippen molar-refractivity contribution in [2.75, 3.05) is 13.1 Å². The molecule has 158 valence electrons. The van der Waals surface area contributed by atoms with Gasteiger partial charge in [0.1, 0.15) is 11.2 Å². The van der Waals surface area contributed by atoms with Gasteiger partial charge in [0.05, 0.1) is 17.6 Å². The van der Waals surface area contributed by atoms with Gasteiger partial charge in [-0.2, -0.15) is 0 Å². The summed E-state index contributed by atoms with van der Waals surface area (Å²) in [5, 5.41) is 0. The van der Waals surface area contributed by atoms with Crippen LogP contribution in [-0.2, 0) is 4.74 Å². The number of likely N-dealkylation sites (tertiary alicyclic amines) is 1. The molecule has 30 heavy (non-hydrogen) atoms. The number of oxazole rings is 1. The van der Waals surface area contributed by atoms with E-state index in [0.29, 0.717) is 41.5 Å². The van der Waals surface area contributed by atoms with E-state index in [0.717, 1.165) is 23.9 Å². The molecule has 7 heteroatoms. The predicted octanol–water partition coefficient (Wildman–Crippen LogP) is 4.36. The van der Waals surface area contributed by atoms with E-state index in [4.69, 9.17) is 9.15 Å². The number of fused-ring (bicyclic) bond motifs is 1. The number of esters is 1. The minimum Gasteiger partial charge on any atom is -0.459 e. The Morgan fingerprint density at radius 3 is 2.77 bits per heavy atom. The quantitative estimate of drug-likeness (QED) is 0.647. The van der Waals surface area contributed by atoms with Crippen LogP contribution in [0.5, 0.6) is 0 Å². The molecule has 1 N–H and O–H groups in total. The number of H-pyrrole nitrogens is 1. The lowest BCUT2D eigenvalue weighted by Crippen LogP contribution is -2.39. The molecule has 1 aromatic carbocycles. The summed E-state index contributed by atoms with van der Waals surface area (Å²) < 4.78 is 11.3. The monoisotopic (exact) mass is 409 g/mol. The van der Waals surface area contributed by atoms with E-state index in [2.05, 4.69) is 9.97 Å². The highest BCUT2D eigenvalue weighted by Crippen LogP contribution is 2.30. The third kappa shape index (κ3) is 3.72. The summed E-state index contributed by atoms with van der Waals surface area (Å²) in [6.45, 7) is 8.39. The van der Waals surface area contributed by atoms with Crippen LogP contribution in [0.3, 0.4) is 0 Å². The summed E-state index contributed by atoms with van der Waals surface area (Å²) in [4.78, 5) is 35.3. The molecule has 1 amide bonds. The van der Waals surface area contributed by atoms with Crippen LogP contribution in [0.25, 0.3) is 11.1 Å². The summed E-state index contributed by atoms with van der Waals surface area (Å²) in [6.07, 6.45) is 1.58. The third-order valence-corrected chi connectivity index (χ3v) is 5.57. The van der Waals surface area contributed by atoms with Crippen molar-refractivity contribution >= 4 is 23.0 Å². The standard InChI is InChI=1S/C23H27N3O4/c1-13(2)29-23(28)19-14(3)20(24-15(19)4)22(27)26-11-7-8-16(12-26)21-25-17-9-5-6-10-18(17)30-21/h5-6,9-10,13,16,24H,7-8,11-12H2,1-4H3/t16-/m0/s1. The van der Waals surface area contributed by atoms with E-state index in [1.165, 1.54) is 0 Å². The Bertz CT molecular complexity index is 1060. The Hall–Kier alpha value is -3.09. The van der Waals surface area contributed by atoms with E-state index in [1.807, 2.05) is 29.2 Å².